The van der Waals surface area contributed by atoms with Crippen molar-refractivity contribution >= 4 is 0 Å². The van der Waals surface area contributed by atoms with Crippen molar-refractivity contribution in [2.45, 2.75) is 31.7 Å². The number of nitrogens with one attached hydrogen (secondary N) is 1. The van der Waals surface area contributed by atoms with Gasteiger partial charge in [-0.2, -0.15) is 0 Å². The van der Waals surface area contributed by atoms with E-state index in [1.807, 2.05) is 0 Å². The van der Waals surface area contributed by atoms with Crippen molar-refractivity contribution in [3.8, 4) is 12.3 Å². The van der Waals surface area contributed by atoms with Gasteiger partial charge >= 0.3 is 0 Å². The highest BCUT2D eigenvalue weighted by Gasteiger charge is 2.31. The highest BCUT2D eigenvalue weighted by molar-refractivity contribution is 5.41. The Bertz CT molecular complexity index is 375. The maximum Gasteiger partial charge on any atom is 0.0248 e. The molecule has 1 aromatic carbocycles. The minimum absolute atomic E-state index is 0.454. The summed E-state index contributed by atoms with van der Waals surface area (Å²) in [5.41, 5.74) is 2.97. The second kappa shape index (κ2) is 4.51. The average Bonchev–Trinajstić information content (AvgIpc) is 2.20. The largest absolute Gasteiger partial charge is 0.313 e. The molecule has 1 aromatic rings. The van der Waals surface area contributed by atoms with Crippen molar-refractivity contribution in [3.63, 3.8) is 0 Å². The molecule has 0 aliphatic heterocycles. The predicted molar refractivity (Wildman–Crippen MR) is 63.8 cm³/mol. The summed E-state index contributed by atoms with van der Waals surface area (Å²) in [5.74, 6) is 3.39. The van der Waals surface area contributed by atoms with Crippen molar-refractivity contribution in [3.05, 3.63) is 35.4 Å². The third-order valence-corrected chi connectivity index (χ3v) is 3.18. The first-order chi connectivity index (χ1) is 7.36. The van der Waals surface area contributed by atoms with Crippen molar-refractivity contribution in [2.24, 2.45) is 0 Å². The molecule has 1 heteroatoms. The van der Waals surface area contributed by atoms with Crippen molar-refractivity contribution in [2.75, 3.05) is 6.54 Å². The van der Waals surface area contributed by atoms with Crippen LogP contribution in [-0.2, 0) is 6.42 Å². The average molecular weight is 199 g/mol. The monoisotopic (exact) mass is 199 g/mol. The molecular formula is C14H17N. The molecule has 1 aliphatic carbocycles. The van der Waals surface area contributed by atoms with Gasteiger partial charge in [0, 0.05) is 18.4 Å². The number of fused-ring (bicyclic) bond motifs is 1. The smallest absolute Gasteiger partial charge is 0.0248 e. The molecular weight excluding hydrogens is 182 g/mol. The van der Waals surface area contributed by atoms with Gasteiger partial charge in [-0.15, -0.1) is 12.3 Å². The summed E-state index contributed by atoms with van der Waals surface area (Å²) in [4.78, 5) is 0. The fourth-order valence-corrected chi connectivity index (χ4v) is 2.40. The highest BCUT2D eigenvalue weighted by Crippen LogP contribution is 2.38. The fraction of sp³-hybridized carbons (Fsp3) is 0.429. The number of benzene rings is 1. The van der Waals surface area contributed by atoms with Crippen LogP contribution in [0.3, 0.4) is 0 Å². The van der Waals surface area contributed by atoms with Crippen LogP contribution in [0.5, 0.6) is 0 Å². The highest BCUT2D eigenvalue weighted by atomic mass is 14.9. The van der Waals surface area contributed by atoms with Gasteiger partial charge in [0.05, 0.1) is 0 Å². The van der Waals surface area contributed by atoms with E-state index in [1.54, 1.807) is 0 Å². The number of likely N-dealkylation sites (N-methyl/N-ethyl adjacent to an activating group) is 1. The molecule has 0 saturated heterocycles. The minimum Gasteiger partial charge on any atom is -0.313 e. The summed E-state index contributed by atoms with van der Waals surface area (Å²) in [6.45, 7) is 3.12. The van der Waals surface area contributed by atoms with Gasteiger partial charge in [0.2, 0.25) is 0 Å². The quantitative estimate of drug-likeness (QED) is 0.734. The molecule has 0 aromatic heterocycles. The molecule has 2 rings (SSSR count). The molecule has 2 atom stereocenters. The van der Waals surface area contributed by atoms with Gasteiger partial charge in [0.15, 0.2) is 0 Å². The molecule has 1 nitrogen and oxygen atoms in total. The van der Waals surface area contributed by atoms with Crippen LogP contribution in [-0.4, -0.2) is 12.6 Å². The Morgan fingerprint density at radius 2 is 2.33 bits per heavy atom. The van der Waals surface area contributed by atoms with Gasteiger partial charge in [-0.25, -0.2) is 0 Å². The van der Waals surface area contributed by atoms with E-state index in [1.165, 1.54) is 17.5 Å². The van der Waals surface area contributed by atoms with E-state index in [4.69, 9.17) is 6.42 Å². The van der Waals surface area contributed by atoms with Gasteiger partial charge in [-0.1, -0.05) is 31.2 Å². The Morgan fingerprint density at radius 3 is 3.00 bits per heavy atom. The Balaban J connectivity index is 2.10. The Labute approximate surface area is 91.9 Å². The fourth-order valence-electron chi connectivity index (χ4n) is 2.40. The van der Waals surface area contributed by atoms with Crippen LogP contribution in [0, 0.1) is 12.3 Å². The standard InChI is InChI=1S/C14H17N/c1-3-7-14(15-4-2)13-10-11-8-5-6-9-12(11)13/h1,5-6,8-9,13-15H,4,7,10H2,2H3. The minimum atomic E-state index is 0.454. The lowest BCUT2D eigenvalue weighted by Crippen LogP contribution is -2.39. The van der Waals surface area contributed by atoms with Crippen LogP contribution in [0.2, 0.25) is 0 Å². The predicted octanol–water partition coefficient (Wildman–Crippen LogP) is 2.33. The van der Waals surface area contributed by atoms with Crippen LogP contribution in [0.25, 0.3) is 0 Å². The molecule has 0 saturated carbocycles. The maximum absolute atomic E-state index is 5.41. The lowest BCUT2D eigenvalue weighted by molar-refractivity contribution is 0.413. The van der Waals surface area contributed by atoms with Gasteiger partial charge < -0.3 is 5.32 Å². The lowest BCUT2D eigenvalue weighted by atomic mass is 9.72. The molecule has 78 valence electrons. The SMILES string of the molecule is C#CCC(NCC)C1Cc2ccccc21. The molecule has 0 radical (unpaired) electrons. The zero-order valence-corrected chi connectivity index (χ0v) is 9.16. The van der Waals surface area contributed by atoms with Crippen molar-refractivity contribution < 1.29 is 0 Å². The van der Waals surface area contributed by atoms with E-state index in [0.29, 0.717) is 12.0 Å². The number of terminal acetylenes is 1. The normalized spacial score (nSPS) is 19.9. The van der Waals surface area contributed by atoms with Gasteiger partial charge in [-0.05, 0) is 24.1 Å². The third-order valence-electron chi connectivity index (χ3n) is 3.18. The zero-order chi connectivity index (χ0) is 10.7. The van der Waals surface area contributed by atoms with Gasteiger partial charge in [-0.3, -0.25) is 0 Å². The first-order valence-electron chi connectivity index (χ1n) is 5.61. The third kappa shape index (κ3) is 1.91. The molecule has 15 heavy (non-hydrogen) atoms. The topological polar surface area (TPSA) is 12.0 Å². The molecule has 1 N–H and O–H groups in total. The van der Waals surface area contributed by atoms with E-state index in [2.05, 4.69) is 42.4 Å². The van der Waals surface area contributed by atoms with Crippen LogP contribution < -0.4 is 5.32 Å². The van der Waals surface area contributed by atoms with Gasteiger partial charge in [0.25, 0.3) is 0 Å². The lowest BCUT2D eigenvalue weighted by Gasteiger charge is -2.36. The summed E-state index contributed by atoms with van der Waals surface area (Å²) >= 11 is 0. The molecule has 2 unspecified atom stereocenters. The molecule has 0 bridgehead atoms. The van der Waals surface area contributed by atoms with Crippen molar-refractivity contribution in [1.82, 2.24) is 5.32 Å². The molecule has 0 heterocycles. The molecule has 0 amide bonds. The first kappa shape index (κ1) is 10.3. The van der Waals surface area contributed by atoms with E-state index in [-0.39, 0.29) is 0 Å². The number of hydrogen-bond acceptors (Lipinski definition) is 1. The van der Waals surface area contributed by atoms with E-state index >= 15 is 0 Å². The summed E-state index contributed by atoms with van der Waals surface area (Å²) in [5, 5.41) is 3.48. The van der Waals surface area contributed by atoms with Crippen molar-refractivity contribution in [1.29, 1.82) is 0 Å². The van der Waals surface area contributed by atoms with E-state index < -0.39 is 0 Å². The summed E-state index contributed by atoms with van der Waals surface area (Å²) < 4.78 is 0. The summed E-state index contributed by atoms with van der Waals surface area (Å²) in [6.07, 6.45) is 7.41. The Morgan fingerprint density at radius 1 is 1.53 bits per heavy atom. The van der Waals surface area contributed by atoms with Crippen LogP contribution in [0.1, 0.15) is 30.4 Å². The first-order valence-corrected chi connectivity index (χ1v) is 5.61. The van der Waals surface area contributed by atoms with Gasteiger partial charge in [0.1, 0.15) is 0 Å². The number of hydrogen-bond donors (Lipinski definition) is 1. The Hall–Kier alpha value is -1.26. The van der Waals surface area contributed by atoms with Crippen LogP contribution >= 0.6 is 0 Å². The van der Waals surface area contributed by atoms with Crippen LogP contribution in [0.15, 0.2) is 24.3 Å². The molecule has 0 fully saturated rings. The van der Waals surface area contributed by atoms with Crippen LogP contribution in [0.4, 0.5) is 0 Å². The maximum atomic E-state index is 5.41. The zero-order valence-electron chi connectivity index (χ0n) is 9.16. The second-order valence-electron chi connectivity index (χ2n) is 4.08. The Kier molecular flexibility index (Phi) is 3.08. The summed E-state index contributed by atoms with van der Waals surface area (Å²) in [6, 6.07) is 9.12. The summed E-state index contributed by atoms with van der Waals surface area (Å²) in [7, 11) is 0. The molecule has 0 spiro atoms. The second-order valence-corrected chi connectivity index (χ2v) is 4.08. The van der Waals surface area contributed by atoms with E-state index in [9.17, 15) is 0 Å². The van der Waals surface area contributed by atoms with E-state index in [0.717, 1.165) is 13.0 Å². The number of rotatable bonds is 4. The molecule has 1 aliphatic rings.